The lowest BCUT2D eigenvalue weighted by atomic mass is 10.0. The van der Waals surface area contributed by atoms with E-state index in [2.05, 4.69) is 27.4 Å². The van der Waals surface area contributed by atoms with Crippen molar-refractivity contribution in [3.8, 4) is 0 Å². The molecule has 0 radical (unpaired) electrons. The van der Waals surface area contributed by atoms with Gasteiger partial charge in [0.15, 0.2) is 0 Å². The third-order valence-electron chi connectivity index (χ3n) is 2.13. The van der Waals surface area contributed by atoms with Crippen molar-refractivity contribution in [2.24, 2.45) is 5.73 Å². The van der Waals surface area contributed by atoms with Crippen LogP contribution in [0.15, 0.2) is 45.6 Å². The van der Waals surface area contributed by atoms with E-state index < -0.39 is 0 Å². The molecule has 1 heterocycles. The van der Waals surface area contributed by atoms with E-state index in [9.17, 15) is 0 Å². The maximum absolute atomic E-state index is 6.10. The number of halogens is 1. The van der Waals surface area contributed by atoms with Crippen LogP contribution in [0.25, 0.3) is 0 Å². The quantitative estimate of drug-likeness (QED) is 0.885. The van der Waals surface area contributed by atoms with Gasteiger partial charge >= 0.3 is 0 Å². The second-order valence-electron chi connectivity index (χ2n) is 3.09. The summed E-state index contributed by atoms with van der Waals surface area (Å²) in [6, 6.07) is 10.2. The molecule has 14 heavy (non-hydrogen) atoms. The molecule has 72 valence electrons. The van der Waals surface area contributed by atoms with Crippen LogP contribution in [0.1, 0.15) is 17.2 Å². The van der Waals surface area contributed by atoms with Crippen molar-refractivity contribution in [2.45, 2.75) is 6.04 Å². The Morgan fingerprint density at radius 3 is 2.36 bits per heavy atom. The third kappa shape index (κ3) is 2.05. The van der Waals surface area contributed by atoms with Crippen LogP contribution in [0.3, 0.4) is 0 Å². The highest BCUT2D eigenvalue weighted by atomic mass is 79.9. The molecular weight excluding hydrogens is 258 g/mol. The van der Waals surface area contributed by atoms with E-state index in [1.54, 1.807) is 11.3 Å². The van der Waals surface area contributed by atoms with Gasteiger partial charge in [0.05, 0.1) is 6.04 Å². The van der Waals surface area contributed by atoms with Crippen LogP contribution in [0, 0.1) is 0 Å². The van der Waals surface area contributed by atoms with Crippen molar-refractivity contribution >= 4 is 27.3 Å². The zero-order valence-corrected chi connectivity index (χ0v) is 9.88. The van der Waals surface area contributed by atoms with E-state index in [1.165, 1.54) is 5.56 Å². The van der Waals surface area contributed by atoms with Gasteiger partial charge in [-0.25, -0.2) is 0 Å². The Bertz CT molecular complexity index is 394. The Balaban J connectivity index is 2.28. The summed E-state index contributed by atoms with van der Waals surface area (Å²) in [5.41, 5.74) is 8.43. The third-order valence-corrected chi connectivity index (χ3v) is 3.36. The summed E-state index contributed by atoms with van der Waals surface area (Å²) < 4.78 is 1.08. The molecule has 1 atom stereocenters. The van der Waals surface area contributed by atoms with Gasteiger partial charge in [-0.2, -0.15) is 11.3 Å². The minimum atomic E-state index is -0.00523. The van der Waals surface area contributed by atoms with Crippen LogP contribution in [0.2, 0.25) is 0 Å². The fourth-order valence-electron chi connectivity index (χ4n) is 1.31. The smallest absolute Gasteiger partial charge is 0.0559 e. The molecule has 0 aliphatic heterocycles. The first-order chi connectivity index (χ1) is 6.77. The molecule has 0 bridgehead atoms. The van der Waals surface area contributed by atoms with Crippen LogP contribution in [-0.2, 0) is 0 Å². The molecule has 0 fully saturated rings. The molecule has 0 unspecified atom stereocenters. The van der Waals surface area contributed by atoms with E-state index in [0.29, 0.717) is 0 Å². The zero-order valence-electron chi connectivity index (χ0n) is 7.48. The Kier molecular flexibility index (Phi) is 3.01. The van der Waals surface area contributed by atoms with Crippen LogP contribution in [0.4, 0.5) is 0 Å². The lowest BCUT2D eigenvalue weighted by Crippen LogP contribution is -2.10. The molecule has 2 N–H and O–H groups in total. The fourth-order valence-corrected chi connectivity index (χ4v) is 2.28. The van der Waals surface area contributed by atoms with Crippen LogP contribution >= 0.6 is 27.3 Å². The summed E-state index contributed by atoms with van der Waals surface area (Å²) >= 11 is 5.08. The summed E-state index contributed by atoms with van der Waals surface area (Å²) in [7, 11) is 0. The Morgan fingerprint density at radius 1 is 1.07 bits per heavy atom. The highest BCUT2D eigenvalue weighted by Gasteiger charge is 2.08. The lowest BCUT2D eigenvalue weighted by molar-refractivity contribution is 0.876. The first-order valence-corrected chi connectivity index (χ1v) is 6.04. The standard InChI is InChI=1S/C11H10BrNS/c12-10-3-1-8(2-4-10)11(13)9-5-6-14-7-9/h1-7,11H,13H2/t11-/m1/s1. The largest absolute Gasteiger partial charge is 0.320 e. The zero-order chi connectivity index (χ0) is 9.97. The Hall–Kier alpha value is -0.640. The van der Waals surface area contributed by atoms with Gasteiger partial charge in [-0.05, 0) is 40.1 Å². The molecular formula is C11H10BrNS. The lowest BCUT2D eigenvalue weighted by Gasteiger charge is -2.09. The molecule has 2 rings (SSSR count). The summed E-state index contributed by atoms with van der Waals surface area (Å²) in [6.45, 7) is 0. The molecule has 3 heteroatoms. The molecule has 1 aromatic heterocycles. The number of benzene rings is 1. The van der Waals surface area contributed by atoms with Gasteiger partial charge in [-0.15, -0.1) is 0 Å². The van der Waals surface area contributed by atoms with E-state index in [4.69, 9.17) is 5.73 Å². The van der Waals surface area contributed by atoms with Gasteiger partial charge in [0.2, 0.25) is 0 Å². The molecule has 0 aliphatic carbocycles. The Morgan fingerprint density at radius 2 is 1.79 bits per heavy atom. The number of nitrogens with two attached hydrogens (primary N) is 1. The summed E-state index contributed by atoms with van der Waals surface area (Å²) in [6.07, 6.45) is 0. The highest BCUT2D eigenvalue weighted by Crippen LogP contribution is 2.22. The van der Waals surface area contributed by atoms with Crippen molar-refractivity contribution in [1.29, 1.82) is 0 Å². The molecule has 0 saturated carbocycles. The monoisotopic (exact) mass is 267 g/mol. The molecule has 0 saturated heterocycles. The van der Waals surface area contributed by atoms with Crippen molar-refractivity contribution in [1.82, 2.24) is 0 Å². The van der Waals surface area contributed by atoms with Gasteiger partial charge in [-0.1, -0.05) is 28.1 Å². The summed E-state index contributed by atoms with van der Waals surface area (Å²) in [5, 5.41) is 4.14. The molecule has 2 aromatic rings. The van der Waals surface area contributed by atoms with E-state index >= 15 is 0 Å². The minimum Gasteiger partial charge on any atom is -0.320 e. The SMILES string of the molecule is N[C@H](c1ccc(Br)cc1)c1ccsc1. The van der Waals surface area contributed by atoms with E-state index in [-0.39, 0.29) is 6.04 Å². The number of rotatable bonds is 2. The number of thiophene rings is 1. The van der Waals surface area contributed by atoms with Crippen molar-refractivity contribution in [3.05, 3.63) is 56.7 Å². The van der Waals surface area contributed by atoms with Crippen molar-refractivity contribution < 1.29 is 0 Å². The van der Waals surface area contributed by atoms with Crippen LogP contribution in [-0.4, -0.2) is 0 Å². The first kappa shape index (κ1) is 9.90. The second-order valence-corrected chi connectivity index (χ2v) is 4.78. The topological polar surface area (TPSA) is 26.0 Å². The number of hydrogen-bond donors (Lipinski definition) is 1. The summed E-state index contributed by atoms with van der Waals surface area (Å²) in [5.74, 6) is 0. The van der Waals surface area contributed by atoms with Crippen molar-refractivity contribution in [3.63, 3.8) is 0 Å². The fraction of sp³-hybridized carbons (Fsp3) is 0.0909. The van der Waals surface area contributed by atoms with E-state index in [1.807, 2.05) is 29.6 Å². The van der Waals surface area contributed by atoms with Crippen LogP contribution in [0.5, 0.6) is 0 Å². The predicted molar refractivity (Wildman–Crippen MR) is 64.5 cm³/mol. The maximum atomic E-state index is 6.10. The highest BCUT2D eigenvalue weighted by molar-refractivity contribution is 9.10. The van der Waals surface area contributed by atoms with Gasteiger partial charge < -0.3 is 5.73 Å². The van der Waals surface area contributed by atoms with Gasteiger partial charge in [0.25, 0.3) is 0 Å². The molecule has 1 nitrogen and oxygen atoms in total. The Labute approximate surface area is 95.7 Å². The predicted octanol–water partition coefficient (Wildman–Crippen LogP) is 3.56. The van der Waals surface area contributed by atoms with Gasteiger partial charge in [0.1, 0.15) is 0 Å². The van der Waals surface area contributed by atoms with E-state index in [0.717, 1.165) is 10.0 Å². The van der Waals surface area contributed by atoms with Crippen LogP contribution < -0.4 is 5.73 Å². The summed E-state index contributed by atoms with van der Waals surface area (Å²) in [4.78, 5) is 0. The minimum absolute atomic E-state index is 0.00523. The second kappa shape index (κ2) is 4.26. The molecule has 1 aromatic carbocycles. The van der Waals surface area contributed by atoms with Crippen molar-refractivity contribution in [2.75, 3.05) is 0 Å². The van der Waals surface area contributed by atoms with Gasteiger partial charge in [-0.3, -0.25) is 0 Å². The van der Waals surface area contributed by atoms with Gasteiger partial charge in [0, 0.05) is 4.47 Å². The average Bonchev–Trinajstić information content (AvgIpc) is 2.71. The molecule has 0 aliphatic rings. The maximum Gasteiger partial charge on any atom is 0.0559 e. The number of hydrogen-bond acceptors (Lipinski definition) is 2. The molecule has 0 amide bonds. The molecule has 0 spiro atoms. The first-order valence-electron chi connectivity index (χ1n) is 4.30. The average molecular weight is 268 g/mol. The normalized spacial score (nSPS) is 12.7.